The van der Waals surface area contributed by atoms with E-state index in [0.29, 0.717) is 22.2 Å². The Balaban J connectivity index is 1.37. The van der Waals surface area contributed by atoms with Crippen molar-refractivity contribution in [2.45, 2.75) is 12.1 Å². The van der Waals surface area contributed by atoms with Crippen molar-refractivity contribution < 1.29 is 19.1 Å². The van der Waals surface area contributed by atoms with Gasteiger partial charge in [0.25, 0.3) is 0 Å². The van der Waals surface area contributed by atoms with Crippen LogP contribution in [0.2, 0.25) is 0 Å². The minimum absolute atomic E-state index is 0.206. The highest BCUT2D eigenvalue weighted by Crippen LogP contribution is 2.43. The Bertz CT molecular complexity index is 1450. The second kappa shape index (κ2) is 10.3. The minimum atomic E-state index is -0.981. The number of nitrogens with one attached hydrogen (secondary N) is 1. The van der Waals surface area contributed by atoms with Gasteiger partial charge in [-0.25, -0.2) is 4.79 Å². The van der Waals surface area contributed by atoms with Crippen LogP contribution in [0.3, 0.4) is 0 Å². The number of hydrogen-bond acceptors (Lipinski definition) is 6. The van der Waals surface area contributed by atoms with Crippen LogP contribution < -0.4 is 15.1 Å². The second-order valence-corrected chi connectivity index (χ2v) is 9.59. The molecule has 192 valence electrons. The number of hydrogen-bond donors (Lipinski definition) is 2. The summed E-state index contributed by atoms with van der Waals surface area (Å²) >= 11 is 5.83. The van der Waals surface area contributed by atoms with Gasteiger partial charge in [-0.2, -0.15) is 0 Å². The van der Waals surface area contributed by atoms with E-state index in [9.17, 15) is 9.90 Å². The van der Waals surface area contributed by atoms with Crippen LogP contribution in [-0.2, 0) is 4.74 Å². The maximum atomic E-state index is 11.5. The number of thiocarbonyl (C=S) groups is 1. The first-order valence-corrected chi connectivity index (χ1v) is 12.9. The van der Waals surface area contributed by atoms with Crippen molar-refractivity contribution in [1.82, 2.24) is 10.3 Å². The predicted octanol–water partition coefficient (Wildman–Crippen LogP) is 5.05. The third-order valence-corrected chi connectivity index (χ3v) is 7.23. The van der Waals surface area contributed by atoms with Gasteiger partial charge in [0.05, 0.1) is 30.5 Å². The molecule has 2 N–H and O–H groups in total. The summed E-state index contributed by atoms with van der Waals surface area (Å²) in [6, 6.07) is 24.2. The molecule has 2 aromatic heterocycles. The summed E-state index contributed by atoms with van der Waals surface area (Å²) in [5, 5.41) is 13.4. The van der Waals surface area contributed by atoms with Gasteiger partial charge in [-0.05, 0) is 72.9 Å². The van der Waals surface area contributed by atoms with Crippen LogP contribution in [0, 0.1) is 0 Å². The van der Waals surface area contributed by atoms with E-state index < -0.39 is 5.97 Å². The van der Waals surface area contributed by atoms with E-state index >= 15 is 0 Å². The first-order chi connectivity index (χ1) is 18.6. The first kappa shape index (κ1) is 24.1. The number of anilines is 2. The summed E-state index contributed by atoms with van der Waals surface area (Å²) in [7, 11) is 0. The number of carboxylic acid groups (broad SMARTS) is 1. The number of aromatic carboxylic acids is 1. The fraction of sp³-hybridized carbons (Fsp3) is 0.207. The average Bonchev–Trinajstić information content (AvgIpc) is 3.59. The third kappa shape index (κ3) is 4.62. The molecule has 2 aliphatic heterocycles. The zero-order valence-corrected chi connectivity index (χ0v) is 21.3. The molecule has 2 aromatic carbocycles. The maximum Gasteiger partial charge on any atom is 0.335 e. The Morgan fingerprint density at radius 3 is 2.50 bits per heavy atom. The molecule has 0 saturated carbocycles. The molecule has 4 aromatic rings. The largest absolute Gasteiger partial charge is 0.478 e. The van der Waals surface area contributed by atoms with Gasteiger partial charge in [0.1, 0.15) is 17.6 Å². The number of carboxylic acids is 1. The molecule has 2 saturated heterocycles. The van der Waals surface area contributed by atoms with Crippen LogP contribution in [-0.4, -0.2) is 47.5 Å². The molecule has 6 rings (SSSR count). The lowest BCUT2D eigenvalue weighted by atomic mass is 10.0. The zero-order valence-electron chi connectivity index (χ0n) is 20.5. The number of furan rings is 1. The van der Waals surface area contributed by atoms with Crippen LogP contribution in [0.15, 0.2) is 89.5 Å². The molecule has 0 radical (unpaired) electrons. The molecule has 2 atom stereocenters. The highest BCUT2D eigenvalue weighted by molar-refractivity contribution is 7.80. The van der Waals surface area contributed by atoms with E-state index in [2.05, 4.69) is 44.4 Å². The Kier molecular flexibility index (Phi) is 6.53. The molecule has 2 fully saturated rings. The predicted molar refractivity (Wildman–Crippen MR) is 149 cm³/mol. The van der Waals surface area contributed by atoms with Gasteiger partial charge in [0, 0.05) is 36.2 Å². The zero-order chi connectivity index (χ0) is 26.1. The quantitative estimate of drug-likeness (QED) is 0.335. The van der Waals surface area contributed by atoms with Crippen LogP contribution in [0.1, 0.15) is 33.9 Å². The van der Waals surface area contributed by atoms with Crippen LogP contribution >= 0.6 is 12.2 Å². The molecule has 0 spiro atoms. The van der Waals surface area contributed by atoms with Crippen molar-refractivity contribution in [2.24, 2.45) is 0 Å². The Hall–Kier alpha value is -4.21. The Morgan fingerprint density at radius 1 is 0.974 bits per heavy atom. The van der Waals surface area contributed by atoms with E-state index in [4.69, 9.17) is 21.4 Å². The van der Waals surface area contributed by atoms with Gasteiger partial charge in [0.2, 0.25) is 0 Å². The lowest BCUT2D eigenvalue weighted by Gasteiger charge is -2.30. The topological polar surface area (TPSA) is 91.1 Å². The summed E-state index contributed by atoms with van der Waals surface area (Å²) in [6.07, 6.45) is 1.77. The smallest absolute Gasteiger partial charge is 0.335 e. The van der Waals surface area contributed by atoms with Crippen LogP contribution in [0.25, 0.3) is 11.3 Å². The van der Waals surface area contributed by atoms with Crippen molar-refractivity contribution >= 4 is 34.7 Å². The number of aromatic nitrogens is 1. The van der Waals surface area contributed by atoms with Crippen molar-refractivity contribution in [3.63, 3.8) is 0 Å². The number of morpholine rings is 1. The van der Waals surface area contributed by atoms with E-state index in [0.717, 1.165) is 43.4 Å². The summed E-state index contributed by atoms with van der Waals surface area (Å²) in [4.78, 5) is 20.5. The number of benzene rings is 2. The van der Waals surface area contributed by atoms with Crippen molar-refractivity contribution in [2.75, 3.05) is 36.1 Å². The number of carbonyl (C=O) groups is 1. The first-order valence-electron chi connectivity index (χ1n) is 12.5. The normalized spacial score (nSPS) is 19.4. The second-order valence-electron chi connectivity index (χ2n) is 9.20. The molecule has 4 heterocycles. The van der Waals surface area contributed by atoms with Gasteiger partial charge in [-0.15, -0.1) is 0 Å². The van der Waals surface area contributed by atoms with Crippen molar-refractivity contribution in [3.05, 3.63) is 102 Å². The van der Waals surface area contributed by atoms with Gasteiger partial charge in [-0.3, -0.25) is 4.98 Å². The number of ether oxygens (including phenoxy) is 1. The van der Waals surface area contributed by atoms with Gasteiger partial charge < -0.3 is 29.4 Å². The summed E-state index contributed by atoms with van der Waals surface area (Å²) in [5.74, 6) is 0.301. The molecule has 2 aliphatic rings. The lowest BCUT2D eigenvalue weighted by Crippen LogP contribution is -2.36. The summed E-state index contributed by atoms with van der Waals surface area (Å²) in [6.45, 7) is 3.19. The van der Waals surface area contributed by atoms with Gasteiger partial charge in [-0.1, -0.05) is 18.2 Å². The monoisotopic (exact) mass is 526 g/mol. The molecule has 9 heteroatoms. The summed E-state index contributed by atoms with van der Waals surface area (Å²) < 4.78 is 11.9. The molecule has 0 unspecified atom stereocenters. The highest BCUT2D eigenvalue weighted by Gasteiger charge is 2.42. The Labute approximate surface area is 225 Å². The average molecular weight is 527 g/mol. The summed E-state index contributed by atoms with van der Waals surface area (Å²) in [5.41, 5.74) is 3.83. The van der Waals surface area contributed by atoms with Crippen molar-refractivity contribution in [1.29, 1.82) is 0 Å². The van der Waals surface area contributed by atoms with Gasteiger partial charge in [0.15, 0.2) is 5.11 Å². The van der Waals surface area contributed by atoms with E-state index in [1.54, 1.807) is 24.4 Å². The van der Waals surface area contributed by atoms with Crippen LogP contribution in [0.5, 0.6) is 0 Å². The molecular formula is C29H26N4O4S. The van der Waals surface area contributed by atoms with Gasteiger partial charge >= 0.3 is 5.97 Å². The number of nitrogens with zero attached hydrogens (tertiary/aromatic N) is 3. The molecule has 0 amide bonds. The van der Waals surface area contributed by atoms with Crippen molar-refractivity contribution in [3.8, 4) is 11.3 Å². The number of rotatable bonds is 6. The lowest BCUT2D eigenvalue weighted by molar-refractivity contribution is 0.0697. The van der Waals surface area contributed by atoms with E-state index in [1.807, 2.05) is 36.4 Å². The van der Waals surface area contributed by atoms with Crippen LogP contribution in [0.4, 0.5) is 11.4 Å². The number of pyridine rings is 1. The van der Waals surface area contributed by atoms with E-state index in [1.165, 1.54) is 0 Å². The molecular weight excluding hydrogens is 500 g/mol. The fourth-order valence-electron chi connectivity index (χ4n) is 5.04. The molecule has 0 bridgehead atoms. The molecule has 8 nitrogen and oxygen atoms in total. The SMILES string of the molecule is O=C(O)c1cccc(-c2ccc([C@@H]3[C@H](c4ccccn4)NC(=S)N3c3ccc(N4CCOCC4)cc3)o2)c1. The third-order valence-electron chi connectivity index (χ3n) is 6.91. The standard InChI is InChI=1S/C29H26N4O4S/c34-28(35)20-5-3-4-19(18-20)24-11-12-25(37-24)27-26(23-6-1-2-13-30-23)31-29(38)33(27)22-9-7-21(8-10-22)32-14-16-36-17-15-32/h1-13,18,26-27H,14-17H2,(H,31,38)(H,34,35)/t26-,27+/m0/s1. The highest BCUT2D eigenvalue weighted by atomic mass is 32.1. The van der Waals surface area contributed by atoms with E-state index in [-0.39, 0.29) is 17.6 Å². The minimum Gasteiger partial charge on any atom is -0.478 e. The molecule has 0 aliphatic carbocycles. The molecule has 38 heavy (non-hydrogen) atoms. The Morgan fingerprint density at radius 2 is 1.76 bits per heavy atom. The maximum absolute atomic E-state index is 11.5. The fourth-order valence-corrected chi connectivity index (χ4v) is 5.39.